The van der Waals surface area contributed by atoms with E-state index in [4.69, 9.17) is 0 Å². The Kier molecular flexibility index (Phi) is 4.65. The molecule has 0 amide bonds. The molecule has 1 rings (SSSR count). The number of rotatable bonds is 6. The Balaban J connectivity index is 3.05. The second kappa shape index (κ2) is 5.83. The van der Waals surface area contributed by atoms with Gasteiger partial charge in [0.15, 0.2) is 0 Å². The molecule has 1 aromatic rings. The first-order chi connectivity index (χ1) is 8.74. The van der Waals surface area contributed by atoms with Crippen LogP contribution in [-0.4, -0.2) is 51.0 Å². The number of aromatic nitrogens is 1. The van der Waals surface area contributed by atoms with Crippen LogP contribution in [0.1, 0.15) is 0 Å². The maximum Gasteiger partial charge on any atom is 0.311 e. The second-order valence-electron chi connectivity index (χ2n) is 4.10. The van der Waals surface area contributed by atoms with Gasteiger partial charge in [-0.15, -0.1) is 0 Å². The van der Waals surface area contributed by atoms with Gasteiger partial charge in [-0.25, -0.2) is 13.4 Å². The van der Waals surface area contributed by atoms with Gasteiger partial charge in [0, 0.05) is 33.0 Å². The molecule has 0 aliphatic carbocycles. The van der Waals surface area contributed by atoms with E-state index in [-0.39, 0.29) is 23.8 Å². The van der Waals surface area contributed by atoms with E-state index in [2.05, 4.69) is 10.3 Å². The average Bonchev–Trinajstić information content (AvgIpc) is 2.34. The van der Waals surface area contributed by atoms with Gasteiger partial charge in [0.25, 0.3) is 0 Å². The molecule has 1 heterocycles. The van der Waals surface area contributed by atoms with Gasteiger partial charge < -0.3 is 10.2 Å². The lowest BCUT2D eigenvalue weighted by Gasteiger charge is -2.18. The first-order valence-electron chi connectivity index (χ1n) is 5.46. The molecular weight excluding hydrogens is 272 g/mol. The molecule has 0 aliphatic heterocycles. The third-order valence-corrected chi connectivity index (χ3v) is 3.39. The molecule has 0 saturated carbocycles. The molecule has 0 spiro atoms. The fourth-order valence-corrected chi connectivity index (χ4v) is 2.02. The van der Waals surface area contributed by atoms with Crippen LogP contribution in [0, 0.1) is 10.1 Å². The zero-order valence-corrected chi connectivity index (χ0v) is 11.8. The van der Waals surface area contributed by atoms with Crippen LogP contribution in [0.3, 0.4) is 0 Å². The maximum atomic E-state index is 11.1. The van der Waals surface area contributed by atoms with Crippen molar-refractivity contribution in [1.82, 2.24) is 4.98 Å². The summed E-state index contributed by atoms with van der Waals surface area (Å²) in [7, 11) is 0.0858. The lowest BCUT2D eigenvalue weighted by Crippen LogP contribution is -2.26. The molecule has 1 aromatic heterocycles. The summed E-state index contributed by atoms with van der Waals surface area (Å²) in [6, 6.07) is 2.83. The smallest absolute Gasteiger partial charge is 0.311 e. The predicted molar refractivity (Wildman–Crippen MR) is 73.4 cm³/mol. The quantitative estimate of drug-likeness (QED) is 0.600. The van der Waals surface area contributed by atoms with Gasteiger partial charge >= 0.3 is 5.69 Å². The first kappa shape index (κ1) is 15.2. The molecule has 0 aromatic carbocycles. The van der Waals surface area contributed by atoms with Crippen molar-refractivity contribution in [3.05, 3.63) is 22.2 Å². The van der Waals surface area contributed by atoms with Crippen molar-refractivity contribution in [2.75, 3.05) is 42.9 Å². The molecule has 8 nitrogen and oxygen atoms in total. The van der Waals surface area contributed by atoms with Crippen LogP contribution < -0.4 is 10.2 Å². The Bertz CT molecular complexity index is 573. The fraction of sp³-hybridized carbons (Fsp3) is 0.500. The third-order valence-electron chi connectivity index (χ3n) is 2.47. The molecule has 0 atom stereocenters. The van der Waals surface area contributed by atoms with E-state index in [0.717, 1.165) is 6.26 Å². The molecule has 0 saturated heterocycles. The maximum absolute atomic E-state index is 11.1. The number of nitrogens with one attached hydrogen (secondary N) is 1. The molecular formula is C10H16N4O4S. The number of pyridine rings is 1. The third kappa shape index (κ3) is 4.36. The van der Waals surface area contributed by atoms with Gasteiger partial charge in [0.1, 0.15) is 15.7 Å². The molecule has 19 heavy (non-hydrogen) atoms. The standard InChI is InChI=1S/C10H16N4O4S/c1-11-9-5-4-8(14(15)16)10(12-9)13(2)6-7-19(3,17)18/h4-5H,6-7H2,1-3H3,(H,11,12). The van der Waals surface area contributed by atoms with Crippen LogP contribution in [0.25, 0.3) is 0 Å². The van der Waals surface area contributed by atoms with E-state index in [1.54, 1.807) is 14.1 Å². The highest BCUT2D eigenvalue weighted by Gasteiger charge is 2.20. The SMILES string of the molecule is CNc1ccc([N+](=O)[O-])c(N(C)CCS(C)(=O)=O)n1. The van der Waals surface area contributed by atoms with Gasteiger partial charge in [-0.05, 0) is 6.07 Å². The summed E-state index contributed by atoms with van der Waals surface area (Å²) in [5, 5.41) is 13.7. The highest BCUT2D eigenvalue weighted by Crippen LogP contribution is 2.26. The monoisotopic (exact) mass is 288 g/mol. The zero-order valence-electron chi connectivity index (χ0n) is 11.0. The van der Waals surface area contributed by atoms with Crippen LogP contribution in [0.15, 0.2) is 12.1 Å². The predicted octanol–water partition coefficient (Wildman–Crippen LogP) is 0.512. The van der Waals surface area contributed by atoms with Crippen molar-refractivity contribution in [3.63, 3.8) is 0 Å². The number of anilines is 2. The van der Waals surface area contributed by atoms with Crippen molar-refractivity contribution < 1.29 is 13.3 Å². The molecule has 0 unspecified atom stereocenters. The molecule has 0 bridgehead atoms. The fourth-order valence-electron chi connectivity index (χ4n) is 1.41. The van der Waals surface area contributed by atoms with E-state index in [9.17, 15) is 18.5 Å². The van der Waals surface area contributed by atoms with E-state index in [1.807, 2.05) is 0 Å². The number of hydrogen-bond donors (Lipinski definition) is 1. The van der Waals surface area contributed by atoms with Gasteiger partial charge in [0.05, 0.1) is 10.7 Å². The topological polar surface area (TPSA) is 105 Å². The summed E-state index contributed by atoms with van der Waals surface area (Å²) in [6.07, 6.45) is 1.12. The number of hydrogen-bond acceptors (Lipinski definition) is 7. The van der Waals surface area contributed by atoms with Crippen molar-refractivity contribution in [1.29, 1.82) is 0 Å². The summed E-state index contributed by atoms with van der Waals surface area (Å²) >= 11 is 0. The van der Waals surface area contributed by atoms with Gasteiger partial charge in [-0.1, -0.05) is 0 Å². The van der Waals surface area contributed by atoms with Crippen LogP contribution in [0.5, 0.6) is 0 Å². The Hall–Kier alpha value is -1.90. The van der Waals surface area contributed by atoms with E-state index < -0.39 is 14.8 Å². The van der Waals surface area contributed by atoms with Crippen molar-refractivity contribution in [2.45, 2.75) is 0 Å². The van der Waals surface area contributed by atoms with Gasteiger partial charge in [-0.3, -0.25) is 10.1 Å². The molecule has 106 valence electrons. The first-order valence-corrected chi connectivity index (χ1v) is 7.52. The minimum atomic E-state index is -3.13. The largest absolute Gasteiger partial charge is 0.373 e. The minimum absolute atomic E-state index is 0.0912. The van der Waals surface area contributed by atoms with Gasteiger partial charge in [-0.2, -0.15) is 0 Å². The molecule has 1 N–H and O–H groups in total. The summed E-state index contributed by atoms with van der Waals surface area (Å²) in [4.78, 5) is 15.9. The van der Waals surface area contributed by atoms with Crippen LogP contribution in [-0.2, 0) is 9.84 Å². The highest BCUT2D eigenvalue weighted by molar-refractivity contribution is 7.90. The van der Waals surface area contributed by atoms with Gasteiger partial charge in [0.2, 0.25) is 5.82 Å². The van der Waals surface area contributed by atoms with Crippen molar-refractivity contribution in [2.24, 2.45) is 0 Å². The van der Waals surface area contributed by atoms with E-state index in [0.29, 0.717) is 5.82 Å². The van der Waals surface area contributed by atoms with Crippen molar-refractivity contribution in [3.8, 4) is 0 Å². The highest BCUT2D eigenvalue weighted by atomic mass is 32.2. The Morgan fingerprint density at radius 2 is 2.11 bits per heavy atom. The normalized spacial score (nSPS) is 11.1. The van der Waals surface area contributed by atoms with Crippen LogP contribution in [0.4, 0.5) is 17.3 Å². The van der Waals surface area contributed by atoms with Crippen LogP contribution in [0.2, 0.25) is 0 Å². The van der Waals surface area contributed by atoms with Crippen LogP contribution >= 0.6 is 0 Å². The minimum Gasteiger partial charge on any atom is -0.373 e. The number of nitrogens with zero attached hydrogens (tertiary/aromatic N) is 3. The lowest BCUT2D eigenvalue weighted by molar-refractivity contribution is -0.384. The molecule has 0 radical (unpaired) electrons. The molecule has 0 aliphatic rings. The molecule has 0 fully saturated rings. The van der Waals surface area contributed by atoms with Crippen molar-refractivity contribution >= 4 is 27.2 Å². The lowest BCUT2D eigenvalue weighted by atomic mass is 10.3. The van der Waals surface area contributed by atoms with E-state index >= 15 is 0 Å². The number of sulfone groups is 1. The second-order valence-corrected chi connectivity index (χ2v) is 6.36. The Morgan fingerprint density at radius 1 is 1.47 bits per heavy atom. The number of nitro groups is 1. The summed E-state index contributed by atoms with van der Waals surface area (Å²) in [5.74, 6) is 0.527. The summed E-state index contributed by atoms with van der Waals surface area (Å²) < 4.78 is 22.2. The Morgan fingerprint density at radius 3 is 2.58 bits per heavy atom. The van der Waals surface area contributed by atoms with E-state index in [1.165, 1.54) is 17.0 Å². The summed E-state index contributed by atoms with van der Waals surface area (Å²) in [5.41, 5.74) is -0.157. The summed E-state index contributed by atoms with van der Waals surface area (Å²) in [6.45, 7) is 0.139. The zero-order chi connectivity index (χ0) is 14.6. The molecule has 9 heteroatoms. The Labute approximate surface area is 111 Å². The average molecular weight is 288 g/mol.